The Morgan fingerprint density at radius 3 is 2.60 bits per heavy atom. The summed E-state index contributed by atoms with van der Waals surface area (Å²) in [4.78, 5) is 20.5. The second kappa shape index (κ2) is 8.62. The summed E-state index contributed by atoms with van der Waals surface area (Å²) >= 11 is 0. The van der Waals surface area contributed by atoms with E-state index in [0.717, 1.165) is 43.9 Å². The SMILES string of the molecule is CN(Cc1ccc(N2CCOCC2)cc1)C(=O)CCc1cccnc1. The molecule has 0 spiro atoms. The Morgan fingerprint density at radius 2 is 1.92 bits per heavy atom. The van der Waals surface area contributed by atoms with Crippen molar-refractivity contribution in [1.29, 1.82) is 0 Å². The minimum Gasteiger partial charge on any atom is -0.378 e. The van der Waals surface area contributed by atoms with Gasteiger partial charge in [0.2, 0.25) is 5.91 Å². The Kier molecular flexibility index (Phi) is 6.01. The number of rotatable bonds is 6. The van der Waals surface area contributed by atoms with Crippen LogP contribution in [0.2, 0.25) is 0 Å². The average molecular weight is 339 g/mol. The van der Waals surface area contributed by atoms with Crippen molar-refractivity contribution in [2.45, 2.75) is 19.4 Å². The summed E-state index contributed by atoms with van der Waals surface area (Å²) in [6, 6.07) is 12.4. The van der Waals surface area contributed by atoms with E-state index in [0.29, 0.717) is 13.0 Å². The van der Waals surface area contributed by atoms with Crippen LogP contribution < -0.4 is 4.90 Å². The number of ether oxygens (including phenoxy) is 1. The van der Waals surface area contributed by atoms with Crippen LogP contribution in [0.5, 0.6) is 0 Å². The number of amides is 1. The van der Waals surface area contributed by atoms with E-state index in [1.165, 1.54) is 5.69 Å². The second-order valence-electron chi connectivity index (χ2n) is 6.38. The molecule has 2 heterocycles. The molecule has 1 amide bonds. The number of hydrogen-bond donors (Lipinski definition) is 0. The zero-order chi connectivity index (χ0) is 17.5. The molecule has 132 valence electrons. The minimum atomic E-state index is 0.154. The fourth-order valence-corrected chi connectivity index (χ4v) is 2.98. The first kappa shape index (κ1) is 17.4. The molecule has 1 aliphatic heterocycles. The maximum Gasteiger partial charge on any atom is 0.222 e. The van der Waals surface area contributed by atoms with E-state index >= 15 is 0 Å². The Morgan fingerprint density at radius 1 is 1.16 bits per heavy atom. The van der Waals surface area contributed by atoms with Crippen molar-refractivity contribution >= 4 is 11.6 Å². The third-order valence-corrected chi connectivity index (χ3v) is 4.51. The van der Waals surface area contributed by atoms with Crippen LogP contribution in [-0.2, 0) is 22.5 Å². The van der Waals surface area contributed by atoms with Crippen LogP contribution in [0, 0.1) is 0 Å². The number of nitrogens with zero attached hydrogens (tertiary/aromatic N) is 3. The molecule has 0 atom stereocenters. The summed E-state index contributed by atoms with van der Waals surface area (Å²) in [5.41, 5.74) is 3.46. The van der Waals surface area contributed by atoms with Gasteiger partial charge in [-0.25, -0.2) is 0 Å². The van der Waals surface area contributed by atoms with Crippen molar-refractivity contribution in [1.82, 2.24) is 9.88 Å². The van der Waals surface area contributed by atoms with Crippen LogP contribution in [-0.4, -0.2) is 49.1 Å². The summed E-state index contributed by atoms with van der Waals surface area (Å²) in [6.45, 7) is 4.08. The van der Waals surface area contributed by atoms with Gasteiger partial charge in [-0.3, -0.25) is 9.78 Å². The largest absolute Gasteiger partial charge is 0.378 e. The lowest BCUT2D eigenvalue weighted by atomic mass is 10.1. The first-order valence-corrected chi connectivity index (χ1v) is 8.77. The summed E-state index contributed by atoms with van der Waals surface area (Å²) in [5, 5.41) is 0. The number of carbonyl (C=O) groups excluding carboxylic acids is 1. The van der Waals surface area contributed by atoms with Gasteiger partial charge < -0.3 is 14.5 Å². The third kappa shape index (κ3) is 5.03. The Hall–Kier alpha value is -2.40. The Bertz CT molecular complexity index is 667. The van der Waals surface area contributed by atoms with E-state index in [4.69, 9.17) is 4.74 Å². The second-order valence-corrected chi connectivity index (χ2v) is 6.38. The minimum absolute atomic E-state index is 0.154. The molecule has 5 nitrogen and oxygen atoms in total. The molecule has 1 saturated heterocycles. The van der Waals surface area contributed by atoms with E-state index in [-0.39, 0.29) is 5.91 Å². The molecule has 5 heteroatoms. The highest BCUT2D eigenvalue weighted by Gasteiger charge is 2.12. The molecule has 0 N–H and O–H groups in total. The predicted molar refractivity (Wildman–Crippen MR) is 98.5 cm³/mol. The number of aryl methyl sites for hydroxylation is 1. The van der Waals surface area contributed by atoms with Crippen molar-refractivity contribution in [2.24, 2.45) is 0 Å². The van der Waals surface area contributed by atoms with Crippen molar-refractivity contribution in [2.75, 3.05) is 38.3 Å². The van der Waals surface area contributed by atoms with Crippen molar-refractivity contribution in [3.8, 4) is 0 Å². The van der Waals surface area contributed by atoms with Gasteiger partial charge in [-0.1, -0.05) is 18.2 Å². The number of hydrogen-bond acceptors (Lipinski definition) is 4. The van der Waals surface area contributed by atoms with Crippen LogP contribution >= 0.6 is 0 Å². The van der Waals surface area contributed by atoms with Crippen LogP contribution in [0.15, 0.2) is 48.8 Å². The van der Waals surface area contributed by atoms with Crippen molar-refractivity contribution in [3.63, 3.8) is 0 Å². The molecule has 25 heavy (non-hydrogen) atoms. The standard InChI is InChI=1S/C20H25N3O2/c1-22(20(24)9-6-17-3-2-10-21-15-17)16-18-4-7-19(8-5-18)23-11-13-25-14-12-23/h2-5,7-8,10,15H,6,9,11-14,16H2,1H3. The maximum absolute atomic E-state index is 12.3. The number of carbonyl (C=O) groups is 1. The van der Waals surface area contributed by atoms with Gasteiger partial charge in [-0.2, -0.15) is 0 Å². The predicted octanol–water partition coefficient (Wildman–Crippen LogP) is 2.51. The molecule has 1 aromatic carbocycles. The van der Waals surface area contributed by atoms with E-state index in [2.05, 4.69) is 34.1 Å². The van der Waals surface area contributed by atoms with E-state index in [1.807, 2.05) is 25.4 Å². The summed E-state index contributed by atoms with van der Waals surface area (Å²) in [7, 11) is 1.86. The normalized spacial score (nSPS) is 14.4. The molecule has 3 rings (SSSR count). The zero-order valence-corrected chi connectivity index (χ0v) is 14.7. The van der Waals surface area contributed by atoms with Gasteiger partial charge in [-0.15, -0.1) is 0 Å². The monoisotopic (exact) mass is 339 g/mol. The van der Waals surface area contributed by atoms with Crippen molar-refractivity contribution in [3.05, 3.63) is 59.9 Å². The summed E-state index contributed by atoms with van der Waals surface area (Å²) in [5.74, 6) is 0.154. The van der Waals surface area contributed by atoms with Gasteiger partial charge in [0.05, 0.1) is 13.2 Å². The number of pyridine rings is 1. The topological polar surface area (TPSA) is 45.7 Å². The number of aromatic nitrogens is 1. The first-order valence-electron chi connectivity index (χ1n) is 8.77. The van der Waals surface area contributed by atoms with E-state index in [1.54, 1.807) is 11.1 Å². The van der Waals surface area contributed by atoms with Gasteiger partial charge in [0, 0.05) is 51.2 Å². The number of morpholine rings is 1. The quantitative estimate of drug-likeness (QED) is 0.811. The number of anilines is 1. The zero-order valence-electron chi connectivity index (χ0n) is 14.7. The fourth-order valence-electron chi connectivity index (χ4n) is 2.98. The van der Waals surface area contributed by atoms with Crippen molar-refractivity contribution < 1.29 is 9.53 Å². The molecule has 0 unspecified atom stereocenters. The smallest absolute Gasteiger partial charge is 0.222 e. The molecule has 0 bridgehead atoms. The highest BCUT2D eigenvalue weighted by atomic mass is 16.5. The molecule has 2 aromatic rings. The highest BCUT2D eigenvalue weighted by molar-refractivity contribution is 5.76. The Labute approximate surface area is 149 Å². The molecule has 0 aliphatic carbocycles. The molecular weight excluding hydrogens is 314 g/mol. The van der Waals surface area contributed by atoms with Crippen LogP contribution in [0.3, 0.4) is 0 Å². The summed E-state index contributed by atoms with van der Waals surface area (Å²) in [6.07, 6.45) is 4.80. The van der Waals surface area contributed by atoms with Gasteiger partial charge in [-0.05, 0) is 35.7 Å². The van der Waals surface area contributed by atoms with Crippen LogP contribution in [0.1, 0.15) is 17.5 Å². The highest BCUT2D eigenvalue weighted by Crippen LogP contribution is 2.17. The van der Waals surface area contributed by atoms with Gasteiger partial charge >= 0.3 is 0 Å². The van der Waals surface area contributed by atoms with Gasteiger partial charge in [0.25, 0.3) is 0 Å². The molecule has 1 aliphatic rings. The van der Waals surface area contributed by atoms with Crippen LogP contribution in [0.4, 0.5) is 5.69 Å². The first-order chi connectivity index (χ1) is 12.2. The molecule has 1 fully saturated rings. The van der Waals surface area contributed by atoms with Gasteiger partial charge in [0.1, 0.15) is 0 Å². The molecule has 0 radical (unpaired) electrons. The Balaban J connectivity index is 1.49. The number of benzene rings is 1. The van der Waals surface area contributed by atoms with E-state index in [9.17, 15) is 4.79 Å². The average Bonchev–Trinajstić information content (AvgIpc) is 2.68. The lowest BCUT2D eigenvalue weighted by molar-refractivity contribution is -0.130. The third-order valence-electron chi connectivity index (χ3n) is 4.51. The molecular formula is C20H25N3O2. The maximum atomic E-state index is 12.3. The summed E-state index contributed by atoms with van der Waals surface area (Å²) < 4.78 is 5.39. The lowest BCUT2D eigenvalue weighted by Gasteiger charge is -2.29. The lowest BCUT2D eigenvalue weighted by Crippen LogP contribution is -2.36. The van der Waals surface area contributed by atoms with Gasteiger partial charge in [0.15, 0.2) is 0 Å². The fraction of sp³-hybridized carbons (Fsp3) is 0.400. The molecule has 0 saturated carbocycles. The molecule has 1 aromatic heterocycles. The van der Waals surface area contributed by atoms with Crippen LogP contribution in [0.25, 0.3) is 0 Å². The van der Waals surface area contributed by atoms with E-state index < -0.39 is 0 Å².